The van der Waals surface area contributed by atoms with Crippen LogP contribution < -0.4 is 5.73 Å². The van der Waals surface area contributed by atoms with E-state index in [1.165, 1.54) is 12.4 Å². The molecule has 1 aromatic carbocycles. The number of hydrogen-bond donors (Lipinski definition) is 1. The van der Waals surface area contributed by atoms with Gasteiger partial charge in [0, 0.05) is 22.3 Å². The molecule has 2 heterocycles. The molecule has 0 spiro atoms. The van der Waals surface area contributed by atoms with Gasteiger partial charge in [-0.25, -0.2) is 14.4 Å². The molecule has 0 radical (unpaired) electrons. The van der Waals surface area contributed by atoms with Crippen molar-refractivity contribution in [2.45, 2.75) is 6.42 Å². The molecule has 2 aliphatic rings. The minimum atomic E-state index is -0.580. The van der Waals surface area contributed by atoms with Gasteiger partial charge in [0.1, 0.15) is 18.0 Å². The Morgan fingerprint density at radius 3 is 2.85 bits per heavy atom. The Hall–Kier alpha value is -2.50. The number of rotatable bonds is 2. The van der Waals surface area contributed by atoms with Gasteiger partial charge in [0.15, 0.2) is 0 Å². The van der Waals surface area contributed by atoms with Gasteiger partial charge in [0.2, 0.25) is 0 Å². The van der Waals surface area contributed by atoms with Gasteiger partial charge in [-0.1, -0.05) is 35.3 Å². The van der Waals surface area contributed by atoms with Gasteiger partial charge in [0.05, 0.1) is 22.3 Å². The van der Waals surface area contributed by atoms with Crippen molar-refractivity contribution >= 4 is 40.9 Å². The van der Waals surface area contributed by atoms with Gasteiger partial charge in [-0.05, 0) is 36.3 Å². The fourth-order valence-electron chi connectivity index (χ4n) is 3.14. The molecule has 26 heavy (non-hydrogen) atoms. The lowest BCUT2D eigenvalue weighted by Crippen LogP contribution is -2.28. The van der Waals surface area contributed by atoms with Gasteiger partial charge < -0.3 is 5.73 Å². The van der Waals surface area contributed by atoms with E-state index >= 15 is 0 Å². The van der Waals surface area contributed by atoms with Crippen LogP contribution in [0, 0.1) is 11.7 Å². The number of nitrogens with zero attached hydrogens (tertiary/aromatic N) is 3. The first-order chi connectivity index (χ1) is 12.5. The number of allylic oxidation sites excluding steroid dienone is 3. The highest BCUT2D eigenvalue weighted by atomic mass is 35.5. The van der Waals surface area contributed by atoms with E-state index in [2.05, 4.69) is 15.0 Å². The van der Waals surface area contributed by atoms with Crippen LogP contribution >= 0.6 is 23.2 Å². The lowest BCUT2D eigenvalue weighted by atomic mass is 9.85. The summed E-state index contributed by atoms with van der Waals surface area (Å²) in [5.74, 6) is -0.141. The summed E-state index contributed by atoms with van der Waals surface area (Å²) in [6.45, 7) is 0. The van der Waals surface area contributed by atoms with Crippen LogP contribution in [0.15, 0.2) is 58.3 Å². The molecular formula is C19H13Cl2FN4. The largest absolute Gasteiger partial charge is 0.387 e. The highest BCUT2D eigenvalue weighted by Crippen LogP contribution is 2.39. The van der Waals surface area contributed by atoms with Crippen LogP contribution in [0.1, 0.15) is 12.0 Å². The number of halogens is 3. The topological polar surface area (TPSA) is 63.6 Å². The molecule has 0 fully saturated rings. The number of fused-ring (bicyclic) bond motifs is 1. The number of nitrogens with two attached hydrogens (primary N) is 1. The zero-order chi connectivity index (χ0) is 18.3. The summed E-state index contributed by atoms with van der Waals surface area (Å²) in [4.78, 5) is 12.8. The number of hydrogen-bond acceptors (Lipinski definition) is 4. The molecule has 130 valence electrons. The van der Waals surface area contributed by atoms with Crippen molar-refractivity contribution in [2.75, 3.05) is 0 Å². The van der Waals surface area contributed by atoms with Crippen molar-refractivity contribution < 1.29 is 4.39 Å². The third-order valence-corrected chi connectivity index (χ3v) is 5.01. The Kier molecular flexibility index (Phi) is 4.34. The number of aliphatic imine (C=N–C) groups is 2. The zero-order valence-corrected chi connectivity index (χ0v) is 15.0. The normalized spacial score (nSPS) is 18.7. The van der Waals surface area contributed by atoms with E-state index < -0.39 is 5.82 Å². The number of amidine groups is 1. The van der Waals surface area contributed by atoms with Gasteiger partial charge in [-0.2, -0.15) is 0 Å². The molecule has 1 atom stereocenters. The van der Waals surface area contributed by atoms with Gasteiger partial charge in [-0.3, -0.25) is 4.98 Å². The molecule has 7 heteroatoms. The van der Waals surface area contributed by atoms with Crippen molar-refractivity contribution in [1.29, 1.82) is 0 Å². The van der Waals surface area contributed by atoms with Crippen molar-refractivity contribution in [3.8, 4) is 11.3 Å². The number of benzene rings is 1. The van der Waals surface area contributed by atoms with Crippen molar-refractivity contribution in [1.82, 2.24) is 4.98 Å². The van der Waals surface area contributed by atoms with Gasteiger partial charge in [0.25, 0.3) is 0 Å². The van der Waals surface area contributed by atoms with E-state index in [9.17, 15) is 4.39 Å². The molecule has 1 aliphatic heterocycles. The summed E-state index contributed by atoms with van der Waals surface area (Å²) in [6.07, 6.45) is 7.60. The van der Waals surface area contributed by atoms with E-state index in [0.29, 0.717) is 23.5 Å². The summed E-state index contributed by atoms with van der Waals surface area (Å²) < 4.78 is 14.1. The Morgan fingerprint density at radius 1 is 1.15 bits per heavy atom. The van der Waals surface area contributed by atoms with Crippen LogP contribution in [0.3, 0.4) is 0 Å². The summed E-state index contributed by atoms with van der Waals surface area (Å²) in [6, 6.07) is 6.54. The predicted octanol–water partition coefficient (Wildman–Crippen LogP) is 4.88. The fraction of sp³-hybridized carbons (Fsp3) is 0.105. The molecule has 1 aliphatic carbocycles. The van der Waals surface area contributed by atoms with Crippen molar-refractivity contribution in [3.05, 3.63) is 69.7 Å². The van der Waals surface area contributed by atoms with Crippen molar-refractivity contribution in [3.63, 3.8) is 0 Å². The quantitative estimate of drug-likeness (QED) is 0.747. The van der Waals surface area contributed by atoms with Crippen LogP contribution in [0.2, 0.25) is 10.0 Å². The Morgan fingerprint density at radius 2 is 2.00 bits per heavy atom. The molecule has 0 saturated heterocycles. The maximum absolute atomic E-state index is 14.1. The number of aromatic nitrogens is 1. The van der Waals surface area contributed by atoms with Crippen molar-refractivity contribution in [2.24, 2.45) is 21.6 Å². The summed E-state index contributed by atoms with van der Waals surface area (Å²) >= 11 is 12.2. The molecule has 4 rings (SSSR count). The zero-order valence-electron chi connectivity index (χ0n) is 13.5. The van der Waals surface area contributed by atoms with Gasteiger partial charge >= 0.3 is 0 Å². The van der Waals surface area contributed by atoms with Crippen LogP contribution in [0.4, 0.5) is 4.39 Å². The van der Waals surface area contributed by atoms with Crippen LogP contribution in [-0.4, -0.2) is 17.2 Å². The van der Waals surface area contributed by atoms with E-state index in [0.717, 1.165) is 16.8 Å². The van der Waals surface area contributed by atoms with E-state index in [-0.39, 0.29) is 16.0 Å². The van der Waals surface area contributed by atoms with Crippen LogP contribution in [-0.2, 0) is 0 Å². The molecule has 0 amide bonds. The first-order valence-electron chi connectivity index (χ1n) is 7.91. The summed E-state index contributed by atoms with van der Waals surface area (Å²) in [5, 5.41) is 0.252. The highest BCUT2D eigenvalue weighted by molar-refractivity contribution is 6.35. The SMILES string of the molecule is NC1=NC=NC2=CC=C(c3cccnc3-c3cc(Cl)cc(F)c3Cl)CC21. The summed E-state index contributed by atoms with van der Waals surface area (Å²) in [7, 11) is 0. The fourth-order valence-corrected chi connectivity index (χ4v) is 3.55. The van der Waals surface area contributed by atoms with Crippen LogP contribution in [0.5, 0.6) is 0 Å². The van der Waals surface area contributed by atoms with E-state index in [1.54, 1.807) is 12.3 Å². The first kappa shape index (κ1) is 16.9. The van der Waals surface area contributed by atoms with Gasteiger partial charge in [-0.15, -0.1) is 0 Å². The number of pyridine rings is 1. The average molecular weight is 387 g/mol. The molecule has 1 unspecified atom stereocenters. The minimum absolute atomic E-state index is 0.00895. The standard InChI is InChI=1S/C19H13Cl2FN4/c20-11-7-14(17(21)15(22)8-11)18-12(2-1-5-24-18)10-3-4-16-13(6-10)19(23)26-9-25-16/h1-5,7-9,13H,6H2,(H2,23,25,26). The highest BCUT2D eigenvalue weighted by Gasteiger charge is 2.27. The monoisotopic (exact) mass is 386 g/mol. The Labute approximate surface area is 159 Å². The third kappa shape index (κ3) is 2.93. The molecule has 1 aromatic heterocycles. The second kappa shape index (κ2) is 6.67. The second-order valence-corrected chi connectivity index (χ2v) is 6.80. The summed E-state index contributed by atoms with van der Waals surface area (Å²) in [5.41, 5.74) is 9.76. The lowest BCUT2D eigenvalue weighted by Gasteiger charge is -2.25. The third-order valence-electron chi connectivity index (χ3n) is 4.41. The van der Waals surface area contributed by atoms with E-state index in [4.69, 9.17) is 28.9 Å². The molecule has 2 aromatic rings. The molecular weight excluding hydrogens is 374 g/mol. The minimum Gasteiger partial charge on any atom is -0.387 e. The van der Waals surface area contributed by atoms with Crippen LogP contribution in [0.25, 0.3) is 16.8 Å². The molecule has 0 bridgehead atoms. The Bertz CT molecular complexity index is 1020. The van der Waals surface area contributed by atoms with E-state index in [1.807, 2.05) is 24.3 Å². The average Bonchev–Trinajstić information content (AvgIpc) is 2.65. The second-order valence-electron chi connectivity index (χ2n) is 5.99. The molecule has 4 nitrogen and oxygen atoms in total. The molecule has 2 N–H and O–H groups in total. The lowest BCUT2D eigenvalue weighted by molar-refractivity contribution is 0.629. The Balaban J connectivity index is 1.84. The molecule has 0 saturated carbocycles. The smallest absolute Gasteiger partial charge is 0.143 e. The first-order valence-corrected chi connectivity index (χ1v) is 8.67. The predicted molar refractivity (Wildman–Crippen MR) is 104 cm³/mol. The maximum Gasteiger partial charge on any atom is 0.143 e. The maximum atomic E-state index is 14.1.